The summed E-state index contributed by atoms with van der Waals surface area (Å²) in [6.07, 6.45) is 1.38. The van der Waals surface area contributed by atoms with Gasteiger partial charge in [0.2, 0.25) is 0 Å². The molecule has 1 aromatic rings. The van der Waals surface area contributed by atoms with E-state index in [1.807, 2.05) is 0 Å². The molecule has 1 rings (SSSR count). The summed E-state index contributed by atoms with van der Waals surface area (Å²) in [5, 5.41) is 27.6. The molecule has 70 valence electrons. The molecule has 0 aliphatic carbocycles. The maximum absolute atomic E-state index is 9.33. The third-order valence-electron chi connectivity index (χ3n) is 1.71. The predicted octanol–water partition coefficient (Wildman–Crippen LogP) is 0.989. The zero-order valence-corrected chi connectivity index (χ0v) is 6.94. The van der Waals surface area contributed by atoms with Gasteiger partial charge in [0.05, 0.1) is 11.6 Å². The van der Waals surface area contributed by atoms with E-state index in [1.165, 1.54) is 6.08 Å². The summed E-state index contributed by atoms with van der Waals surface area (Å²) in [7, 11) is 0. The van der Waals surface area contributed by atoms with Crippen LogP contribution in [0.15, 0.2) is 24.8 Å². The highest BCUT2D eigenvalue weighted by atomic mass is 16.3. The van der Waals surface area contributed by atoms with Gasteiger partial charge in [-0.1, -0.05) is 6.08 Å². The van der Waals surface area contributed by atoms with Gasteiger partial charge in [-0.15, -0.1) is 6.58 Å². The van der Waals surface area contributed by atoms with Crippen LogP contribution in [0.1, 0.15) is 11.6 Å². The molecule has 0 fully saturated rings. The largest absolute Gasteiger partial charge is 0.508 e. The minimum absolute atomic E-state index is 0.160. The number of benzene rings is 1. The summed E-state index contributed by atoms with van der Waals surface area (Å²) >= 11 is 0. The molecular weight excluding hydrogens is 170 g/mol. The molecule has 0 heterocycles. The maximum Gasteiger partial charge on any atom is 0.128 e. The van der Waals surface area contributed by atoms with Crippen LogP contribution in [-0.4, -0.2) is 15.3 Å². The molecule has 13 heavy (non-hydrogen) atoms. The Morgan fingerprint density at radius 1 is 1.23 bits per heavy atom. The van der Waals surface area contributed by atoms with Gasteiger partial charge in [0.15, 0.2) is 0 Å². The van der Waals surface area contributed by atoms with Gasteiger partial charge in [0.1, 0.15) is 17.2 Å². The van der Waals surface area contributed by atoms with E-state index >= 15 is 0 Å². The highest BCUT2D eigenvalue weighted by molar-refractivity contribution is 5.51. The molecule has 1 unspecified atom stereocenters. The number of phenolic OH excluding ortho intramolecular Hbond substituents is 3. The minimum Gasteiger partial charge on any atom is -0.508 e. The lowest BCUT2D eigenvalue weighted by atomic mass is 10.1. The first-order chi connectivity index (χ1) is 6.06. The lowest BCUT2D eigenvalue weighted by molar-refractivity contribution is 0.416. The molecule has 0 aliphatic rings. The van der Waals surface area contributed by atoms with Gasteiger partial charge in [-0.25, -0.2) is 0 Å². The molecule has 0 saturated carbocycles. The van der Waals surface area contributed by atoms with Crippen molar-refractivity contribution in [2.45, 2.75) is 6.04 Å². The predicted molar refractivity (Wildman–Crippen MR) is 48.6 cm³/mol. The third-order valence-corrected chi connectivity index (χ3v) is 1.71. The Morgan fingerprint density at radius 3 is 2.08 bits per heavy atom. The van der Waals surface area contributed by atoms with E-state index in [0.29, 0.717) is 0 Å². The average molecular weight is 181 g/mol. The van der Waals surface area contributed by atoms with Crippen LogP contribution in [-0.2, 0) is 0 Å². The van der Waals surface area contributed by atoms with Crippen molar-refractivity contribution < 1.29 is 15.3 Å². The van der Waals surface area contributed by atoms with Crippen LogP contribution in [0.5, 0.6) is 17.2 Å². The van der Waals surface area contributed by atoms with E-state index in [1.54, 1.807) is 0 Å². The summed E-state index contributed by atoms with van der Waals surface area (Å²) < 4.78 is 0. The standard InChI is InChI=1S/C9H11NO3/c1-2-6(10)9-7(12)3-5(11)4-8(9)13/h2-4,6,11-13H,1,10H2. The summed E-state index contributed by atoms with van der Waals surface area (Å²) in [4.78, 5) is 0. The second-order valence-corrected chi connectivity index (χ2v) is 2.66. The van der Waals surface area contributed by atoms with Crippen LogP contribution < -0.4 is 5.73 Å². The van der Waals surface area contributed by atoms with Gasteiger partial charge >= 0.3 is 0 Å². The first-order valence-corrected chi connectivity index (χ1v) is 3.69. The Labute approximate surface area is 75.6 Å². The summed E-state index contributed by atoms with van der Waals surface area (Å²) in [5.41, 5.74) is 5.69. The van der Waals surface area contributed by atoms with Gasteiger partial charge in [0, 0.05) is 12.1 Å². The van der Waals surface area contributed by atoms with Gasteiger partial charge in [-0.3, -0.25) is 0 Å². The van der Waals surface area contributed by atoms with E-state index in [0.717, 1.165) is 12.1 Å². The molecule has 4 nitrogen and oxygen atoms in total. The van der Waals surface area contributed by atoms with E-state index in [9.17, 15) is 10.2 Å². The van der Waals surface area contributed by atoms with E-state index in [4.69, 9.17) is 10.8 Å². The molecule has 0 aliphatic heterocycles. The fourth-order valence-electron chi connectivity index (χ4n) is 1.07. The van der Waals surface area contributed by atoms with Crippen LogP contribution in [0, 0.1) is 0 Å². The normalized spacial score (nSPS) is 12.4. The number of hydrogen-bond acceptors (Lipinski definition) is 4. The molecule has 5 N–H and O–H groups in total. The molecular formula is C9H11NO3. The van der Waals surface area contributed by atoms with Crippen molar-refractivity contribution in [1.82, 2.24) is 0 Å². The highest BCUT2D eigenvalue weighted by Gasteiger charge is 2.14. The molecule has 1 atom stereocenters. The van der Waals surface area contributed by atoms with Crippen molar-refractivity contribution >= 4 is 0 Å². The summed E-state index contributed by atoms with van der Waals surface area (Å²) in [5.74, 6) is -0.704. The molecule has 0 saturated heterocycles. The van der Waals surface area contributed by atoms with Crippen LogP contribution in [0.25, 0.3) is 0 Å². The molecule has 0 radical (unpaired) electrons. The Bertz CT molecular complexity index is 313. The Hall–Kier alpha value is -1.68. The van der Waals surface area contributed by atoms with E-state index < -0.39 is 6.04 Å². The van der Waals surface area contributed by atoms with E-state index in [-0.39, 0.29) is 22.8 Å². The quantitative estimate of drug-likeness (QED) is 0.512. The van der Waals surface area contributed by atoms with Crippen molar-refractivity contribution in [3.05, 3.63) is 30.4 Å². The molecule has 0 bridgehead atoms. The Morgan fingerprint density at radius 2 is 1.69 bits per heavy atom. The van der Waals surface area contributed by atoms with Crippen molar-refractivity contribution in [3.8, 4) is 17.2 Å². The van der Waals surface area contributed by atoms with Gasteiger partial charge in [-0.2, -0.15) is 0 Å². The maximum atomic E-state index is 9.33. The molecule has 0 amide bonds. The van der Waals surface area contributed by atoms with Crippen LogP contribution in [0.2, 0.25) is 0 Å². The number of hydrogen-bond donors (Lipinski definition) is 4. The SMILES string of the molecule is C=CC(N)c1c(O)cc(O)cc1O. The Kier molecular flexibility index (Phi) is 2.44. The lowest BCUT2D eigenvalue weighted by Crippen LogP contribution is -2.06. The lowest BCUT2D eigenvalue weighted by Gasteiger charge is -2.11. The zero-order valence-electron chi connectivity index (χ0n) is 6.94. The summed E-state index contributed by atoms with van der Waals surface area (Å²) in [6.45, 7) is 3.43. The van der Waals surface area contributed by atoms with Gasteiger partial charge in [-0.05, 0) is 0 Å². The molecule has 1 aromatic carbocycles. The van der Waals surface area contributed by atoms with Crippen molar-refractivity contribution in [2.75, 3.05) is 0 Å². The monoisotopic (exact) mass is 181 g/mol. The minimum atomic E-state index is -0.652. The van der Waals surface area contributed by atoms with Crippen molar-refractivity contribution in [3.63, 3.8) is 0 Å². The topological polar surface area (TPSA) is 86.7 Å². The van der Waals surface area contributed by atoms with Crippen LogP contribution in [0.3, 0.4) is 0 Å². The second kappa shape index (κ2) is 3.37. The fraction of sp³-hybridized carbons (Fsp3) is 0.111. The van der Waals surface area contributed by atoms with Gasteiger partial charge < -0.3 is 21.1 Å². The van der Waals surface area contributed by atoms with Crippen molar-refractivity contribution in [2.24, 2.45) is 5.73 Å². The first-order valence-electron chi connectivity index (χ1n) is 3.69. The van der Waals surface area contributed by atoms with Gasteiger partial charge in [0.25, 0.3) is 0 Å². The second-order valence-electron chi connectivity index (χ2n) is 2.66. The number of rotatable bonds is 2. The average Bonchev–Trinajstić information content (AvgIpc) is 2.02. The number of aromatic hydroxyl groups is 3. The first kappa shape index (κ1) is 9.41. The molecule has 0 aromatic heterocycles. The molecule has 4 heteroatoms. The number of nitrogens with two attached hydrogens (primary N) is 1. The molecule has 0 spiro atoms. The Balaban J connectivity index is 3.28. The van der Waals surface area contributed by atoms with Crippen LogP contribution >= 0.6 is 0 Å². The highest BCUT2D eigenvalue weighted by Crippen LogP contribution is 2.35. The van der Waals surface area contributed by atoms with Crippen molar-refractivity contribution in [1.29, 1.82) is 0 Å². The number of phenols is 3. The van der Waals surface area contributed by atoms with Crippen LogP contribution in [0.4, 0.5) is 0 Å². The van der Waals surface area contributed by atoms with E-state index in [2.05, 4.69) is 6.58 Å². The smallest absolute Gasteiger partial charge is 0.128 e. The zero-order chi connectivity index (χ0) is 10.0. The summed E-state index contributed by atoms with van der Waals surface area (Å²) in [6, 6.07) is 1.57. The fourth-order valence-corrected chi connectivity index (χ4v) is 1.07. The third kappa shape index (κ3) is 1.73.